The van der Waals surface area contributed by atoms with Crippen LogP contribution in [0.2, 0.25) is 0 Å². The molecule has 5 heteroatoms. The molecule has 1 saturated heterocycles. The molecule has 1 aromatic carbocycles. The molecular formula is C11H13NO4. The number of benzene rings is 1. The van der Waals surface area contributed by atoms with Crippen molar-refractivity contribution in [1.82, 2.24) is 0 Å². The van der Waals surface area contributed by atoms with Crippen LogP contribution in [0, 0.1) is 10.1 Å². The minimum absolute atomic E-state index is 0.0724. The van der Waals surface area contributed by atoms with Crippen LogP contribution in [0.15, 0.2) is 24.3 Å². The van der Waals surface area contributed by atoms with Gasteiger partial charge in [-0.25, -0.2) is 0 Å². The minimum atomic E-state index is -0.770. The Hall–Kier alpha value is -1.46. The lowest BCUT2D eigenvalue weighted by atomic mass is 10.1. The lowest BCUT2D eigenvalue weighted by Crippen LogP contribution is -2.34. The normalized spacial score (nSPS) is 19.3. The topological polar surface area (TPSA) is 61.6 Å². The molecule has 0 aliphatic carbocycles. The van der Waals surface area contributed by atoms with E-state index in [1.807, 2.05) is 6.92 Å². The molecule has 16 heavy (non-hydrogen) atoms. The summed E-state index contributed by atoms with van der Waals surface area (Å²) in [5.41, 5.74) is 0.876. The van der Waals surface area contributed by atoms with E-state index in [0.29, 0.717) is 13.2 Å². The number of hydrogen-bond acceptors (Lipinski definition) is 4. The molecule has 0 atom stereocenters. The molecule has 1 aliphatic heterocycles. The Kier molecular flexibility index (Phi) is 2.89. The second-order valence-corrected chi connectivity index (χ2v) is 3.80. The highest BCUT2D eigenvalue weighted by Crippen LogP contribution is 2.30. The summed E-state index contributed by atoms with van der Waals surface area (Å²) >= 11 is 0. The molecule has 5 nitrogen and oxygen atoms in total. The summed E-state index contributed by atoms with van der Waals surface area (Å²) in [4.78, 5) is 10.1. The van der Waals surface area contributed by atoms with Crippen LogP contribution in [-0.2, 0) is 15.3 Å². The second kappa shape index (κ2) is 4.19. The van der Waals surface area contributed by atoms with E-state index in [9.17, 15) is 10.1 Å². The van der Waals surface area contributed by atoms with Gasteiger partial charge in [0.05, 0.1) is 18.1 Å². The number of nitro benzene ring substituents is 1. The van der Waals surface area contributed by atoms with Gasteiger partial charge in [0, 0.05) is 17.7 Å². The van der Waals surface area contributed by atoms with Gasteiger partial charge in [0.15, 0.2) is 5.79 Å². The highest BCUT2D eigenvalue weighted by molar-refractivity contribution is 5.34. The number of nitrogens with zero attached hydrogens (tertiary/aromatic N) is 1. The van der Waals surface area contributed by atoms with Crippen molar-refractivity contribution in [2.75, 3.05) is 13.2 Å². The zero-order valence-corrected chi connectivity index (χ0v) is 9.01. The van der Waals surface area contributed by atoms with Crippen molar-refractivity contribution >= 4 is 5.69 Å². The van der Waals surface area contributed by atoms with Crippen LogP contribution in [0.5, 0.6) is 0 Å². The number of ether oxygens (including phenoxy) is 2. The molecule has 0 N–H and O–H groups in total. The Bertz CT molecular complexity index is 381. The third-order valence-corrected chi connectivity index (χ3v) is 2.65. The molecule has 2 rings (SSSR count). The maximum Gasteiger partial charge on any atom is 0.269 e. The van der Waals surface area contributed by atoms with Crippen LogP contribution in [0.3, 0.4) is 0 Å². The summed E-state index contributed by atoms with van der Waals surface area (Å²) in [6.45, 7) is 3.12. The molecule has 0 amide bonds. The predicted octanol–water partition coefficient (Wildman–Crippen LogP) is 2.20. The van der Waals surface area contributed by atoms with Crippen molar-refractivity contribution in [2.45, 2.75) is 19.1 Å². The Balaban J connectivity index is 2.23. The van der Waals surface area contributed by atoms with Crippen LogP contribution >= 0.6 is 0 Å². The fourth-order valence-corrected chi connectivity index (χ4v) is 1.69. The third kappa shape index (κ3) is 2.05. The van der Waals surface area contributed by atoms with E-state index in [4.69, 9.17) is 9.47 Å². The van der Waals surface area contributed by atoms with Crippen molar-refractivity contribution in [3.05, 3.63) is 39.9 Å². The first kappa shape index (κ1) is 11.0. The van der Waals surface area contributed by atoms with E-state index in [1.165, 1.54) is 12.1 Å². The van der Waals surface area contributed by atoms with Crippen molar-refractivity contribution in [3.63, 3.8) is 0 Å². The first-order chi connectivity index (χ1) is 7.62. The Morgan fingerprint density at radius 2 is 1.81 bits per heavy atom. The van der Waals surface area contributed by atoms with Crippen LogP contribution in [0.25, 0.3) is 0 Å². The SMILES string of the molecule is CC1(c2ccc([N+](=O)[O-])cc2)OCCCO1. The number of rotatable bonds is 2. The standard InChI is InChI=1S/C11H13NO4/c1-11(15-7-2-8-16-11)9-3-5-10(6-4-9)12(13)14/h3-6H,2,7-8H2,1H3. The van der Waals surface area contributed by atoms with Crippen LogP contribution in [-0.4, -0.2) is 18.1 Å². The van der Waals surface area contributed by atoms with Gasteiger partial charge in [-0.15, -0.1) is 0 Å². The summed E-state index contributed by atoms with van der Waals surface area (Å²) in [5, 5.41) is 10.5. The van der Waals surface area contributed by atoms with E-state index < -0.39 is 10.7 Å². The first-order valence-corrected chi connectivity index (χ1v) is 5.15. The average molecular weight is 223 g/mol. The molecule has 0 bridgehead atoms. The summed E-state index contributed by atoms with van der Waals surface area (Å²) < 4.78 is 11.1. The summed E-state index contributed by atoms with van der Waals surface area (Å²) in [5.74, 6) is -0.770. The molecule has 0 aromatic heterocycles. The van der Waals surface area contributed by atoms with E-state index in [2.05, 4.69) is 0 Å². The third-order valence-electron chi connectivity index (χ3n) is 2.65. The Morgan fingerprint density at radius 3 is 2.31 bits per heavy atom. The number of hydrogen-bond donors (Lipinski definition) is 0. The summed E-state index contributed by atoms with van der Waals surface area (Å²) in [6, 6.07) is 6.26. The number of nitro groups is 1. The van der Waals surface area contributed by atoms with E-state index in [-0.39, 0.29) is 5.69 Å². The molecular weight excluding hydrogens is 210 g/mol. The van der Waals surface area contributed by atoms with Gasteiger partial charge >= 0.3 is 0 Å². The molecule has 86 valence electrons. The zero-order chi connectivity index (χ0) is 11.6. The van der Waals surface area contributed by atoms with Gasteiger partial charge in [-0.1, -0.05) is 0 Å². The highest BCUT2D eigenvalue weighted by atomic mass is 16.7. The largest absolute Gasteiger partial charge is 0.346 e. The van der Waals surface area contributed by atoms with Crippen LogP contribution in [0.1, 0.15) is 18.9 Å². The molecule has 1 aliphatic rings. The molecule has 1 heterocycles. The van der Waals surface area contributed by atoms with Gasteiger partial charge in [0.1, 0.15) is 0 Å². The molecule has 0 spiro atoms. The van der Waals surface area contributed by atoms with Gasteiger partial charge in [0.25, 0.3) is 5.69 Å². The van der Waals surface area contributed by atoms with Crippen molar-refractivity contribution in [2.24, 2.45) is 0 Å². The predicted molar refractivity (Wildman–Crippen MR) is 57.0 cm³/mol. The minimum Gasteiger partial charge on any atom is -0.346 e. The van der Waals surface area contributed by atoms with Crippen LogP contribution in [0.4, 0.5) is 5.69 Å². The summed E-state index contributed by atoms with van der Waals surface area (Å²) in [7, 11) is 0. The highest BCUT2D eigenvalue weighted by Gasteiger charge is 2.31. The molecule has 1 aromatic rings. The maximum absolute atomic E-state index is 10.5. The second-order valence-electron chi connectivity index (χ2n) is 3.80. The average Bonchev–Trinajstić information content (AvgIpc) is 2.30. The van der Waals surface area contributed by atoms with Gasteiger partial charge in [0.2, 0.25) is 0 Å². The number of non-ortho nitro benzene ring substituents is 1. The zero-order valence-electron chi connectivity index (χ0n) is 9.01. The lowest BCUT2D eigenvalue weighted by molar-refractivity contribution is -0.384. The molecule has 0 radical (unpaired) electrons. The molecule has 0 saturated carbocycles. The fourth-order valence-electron chi connectivity index (χ4n) is 1.69. The van der Waals surface area contributed by atoms with Crippen molar-refractivity contribution in [1.29, 1.82) is 0 Å². The molecule has 0 unspecified atom stereocenters. The van der Waals surface area contributed by atoms with Crippen LogP contribution < -0.4 is 0 Å². The fraction of sp³-hybridized carbons (Fsp3) is 0.455. The Labute approximate surface area is 93.1 Å². The van der Waals surface area contributed by atoms with Gasteiger partial charge < -0.3 is 9.47 Å². The van der Waals surface area contributed by atoms with E-state index >= 15 is 0 Å². The van der Waals surface area contributed by atoms with Gasteiger partial charge in [-0.2, -0.15) is 0 Å². The monoisotopic (exact) mass is 223 g/mol. The van der Waals surface area contributed by atoms with E-state index in [0.717, 1.165) is 12.0 Å². The van der Waals surface area contributed by atoms with E-state index in [1.54, 1.807) is 12.1 Å². The van der Waals surface area contributed by atoms with Crippen molar-refractivity contribution < 1.29 is 14.4 Å². The smallest absolute Gasteiger partial charge is 0.269 e. The lowest BCUT2D eigenvalue weighted by Gasteiger charge is -2.34. The first-order valence-electron chi connectivity index (χ1n) is 5.15. The molecule has 1 fully saturated rings. The Morgan fingerprint density at radius 1 is 1.25 bits per heavy atom. The maximum atomic E-state index is 10.5. The van der Waals surface area contributed by atoms with Gasteiger partial charge in [-0.05, 0) is 25.5 Å². The van der Waals surface area contributed by atoms with Crippen molar-refractivity contribution in [3.8, 4) is 0 Å². The quantitative estimate of drug-likeness (QED) is 0.569. The van der Waals surface area contributed by atoms with Gasteiger partial charge in [-0.3, -0.25) is 10.1 Å². The summed E-state index contributed by atoms with van der Waals surface area (Å²) in [6.07, 6.45) is 0.878.